The molecule has 3 rings (SSSR count). The van der Waals surface area contributed by atoms with Crippen molar-refractivity contribution in [1.82, 2.24) is 15.0 Å². The topological polar surface area (TPSA) is 106 Å². The molecule has 11 heteroatoms. The van der Waals surface area contributed by atoms with Crippen molar-refractivity contribution in [1.29, 1.82) is 0 Å². The number of carbonyl (C=O) groups excluding carboxylic acids is 1. The molecule has 3 aromatic rings. The highest BCUT2D eigenvalue weighted by Gasteiger charge is 2.16. The molecule has 30 heavy (non-hydrogen) atoms. The molecule has 0 aliphatic heterocycles. The molecule has 1 aromatic heterocycles. The van der Waals surface area contributed by atoms with Crippen LogP contribution in [0.2, 0.25) is 15.1 Å². The maximum Gasteiger partial charge on any atom is 0.234 e. The number of nitrogen functional groups attached to an aromatic ring is 1. The van der Waals surface area contributed by atoms with E-state index in [1.165, 1.54) is 23.9 Å². The number of nitrogens with two attached hydrogens (primary N) is 1. The Labute approximate surface area is 192 Å². The number of amides is 1. The van der Waals surface area contributed by atoms with Crippen LogP contribution in [-0.2, 0) is 4.79 Å². The van der Waals surface area contributed by atoms with Crippen LogP contribution in [0, 0.1) is 0 Å². The lowest BCUT2D eigenvalue weighted by molar-refractivity contribution is -0.113. The van der Waals surface area contributed by atoms with Crippen LogP contribution in [0.15, 0.2) is 42.5 Å². The van der Waals surface area contributed by atoms with Crippen LogP contribution in [0.25, 0.3) is 0 Å². The fourth-order valence-corrected chi connectivity index (χ4v) is 3.70. The molecule has 1 atom stereocenters. The summed E-state index contributed by atoms with van der Waals surface area (Å²) in [4.78, 5) is 25.0. The second-order valence-electron chi connectivity index (χ2n) is 6.11. The summed E-state index contributed by atoms with van der Waals surface area (Å²) in [6.45, 7) is 1.88. The number of rotatable bonds is 7. The third kappa shape index (κ3) is 6.12. The highest BCUT2D eigenvalue weighted by atomic mass is 35.5. The smallest absolute Gasteiger partial charge is 0.234 e. The van der Waals surface area contributed by atoms with Gasteiger partial charge in [0.2, 0.25) is 17.8 Å². The lowest BCUT2D eigenvalue weighted by Crippen LogP contribution is -2.16. The molecule has 156 valence electrons. The first-order valence-electron chi connectivity index (χ1n) is 8.71. The quantitative estimate of drug-likeness (QED) is 0.376. The first kappa shape index (κ1) is 22.4. The monoisotopic (exact) mass is 482 g/mol. The molecule has 0 unspecified atom stereocenters. The molecule has 0 fully saturated rings. The molecule has 0 aliphatic carbocycles. The van der Waals surface area contributed by atoms with Gasteiger partial charge in [-0.05, 0) is 31.2 Å². The minimum atomic E-state index is -0.253. The van der Waals surface area contributed by atoms with E-state index in [0.29, 0.717) is 32.5 Å². The molecule has 0 bridgehead atoms. The van der Waals surface area contributed by atoms with Crippen molar-refractivity contribution < 1.29 is 4.79 Å². The van der Waals surface area contributed by atoms with Crippen molar-refractivity contribution in [2.75, 3.05) is 22.1 Å². The van der Waals surface area contributed by atoms with E-state index in [1.54, 1.807) is 0 Å². The maximum absolute atomic E-state index is 12.3. The summed E-state index contributed by atoms with van der Waals surface area (Å²) < 4.78 is 0. The zero-order chi connectivity index (χ0) is 21.7. The van der Waals surface area contributed by atoms with Gasteiger partial charge in [0.1, 0.15) is 5.82 Å². The minimum absolute atomic E-state index is 0.0953. The standard InChI is InChI=1S/C19H17Cl3N6OS/c1-10(30-9-16(29)25-15-8-13(21)12(20)7-14(15)22)17-26-18(23)28-19(27-17)24-11-5-3-2-4-6-11/h2-8,10H,9H2,1H3,(H,25,29)(H3,23,24,26,27,28)/t10-/m0/s1. The first-order chi connectivity index (χ1) is 14.3. The van der Waals surface area contributed by atoms with Crippen molar-refractivity contribution in [2.24, 2.45) is 0 Å². The van der Waals surface area contributed by atoms with Gasteiger partial charge < -0.3 is 16.4 Å². The Morgan fingerprint density at radius 3 is 2.50 bits per heavy atom. The van der Waals surface area contributed by atoms with E-state index in [0.717, 1.165) is 5.69 Å². The normalized spacial score (nSPS) is 11.7. The van der Waals surface area contributed by atoms with Gasteiger partial charge in [-0.3, -0.25) is 4.79 Å². The summed E-state index contributed by atoms with van der Waals surface area (Å²) in [5.41, 5.74) is 7.04. The van der Waals surface area contributed by atoms with Crippen molar-refractivity contribution in [2.45, 2.75) is 12.2 Å². The van der Waals surface area contributed by atoms with Gasteiger partial charge in [0.15, 0.2) is 0 Å². The molecule has 0 saturated carbocycles. The Bertz CT molecular complexity index is 1050. The molecule has 2 aromatic carbocycles. The van der Waals surface area contributed by atoms with Crippen LogP contribution in [0.4, 0.5) is 23.3 Å². The molecule has 4 N–H and O–H groups in total. The number of hydrogen-bond donors (Lipinski definition) is 3. The average Bonchev–Trinajstić information content (AvgIpc) is 2.70. The van der Waals surface area contributed by atoms with Gasteiger partial charge in [-0.1, -0.05) is 53.0 Å². The molecule has 0 saturated heterocycles. The van der Waals surface area contributed by atoms with Crippen LogP contribution >= 0.6 is 46.6 Å². The molecule has 1 amide bonds. The van der Waals surface area contributed by atoms with Crippen molar-refractivity contribution in [3.63, 3.8) is 0 Å². The van der Waals surface area contributed by atoms with Crippen molar-refractivity contribution in [3.8, 4) is 0 Å². The van der Waals surface area contributed by atoms with E-state index < -0.39 is 0 Å². The molecule has 0 spiro atoms. The lowest BCUT2D eigenvalue weighted by atomic mass is 10.3. The van der Waals surface area contributed by atoms with Gasteiger partial charge in [-0.15, -0.1) is 11.8 Å². The van der Waals surface area contributed by atoms with Gasteiger partial charge in [-0.25, -0.2) is 0 Å². The minimum Gasteiger partial charge on any atom is -0.368 e. The van der Waals surface area contributed by atoms with Gasteiger partial charge in [-0.2, -0.15) is 15.0 Å². The molecule has 7 nitrogen and oxygen atoms in total. The summed E-state index contributed by atoms with van der Waals surface area (Å²) in [6.07, 6.45) is 0. The number of halogens is 3. The highest BCUT2D eigenvalue weighted by Crippen LogP contribution is 2.33. The van der Waals surface area contributed by atoms with E-state index in [9.17, 15) is 4.79 Å². The molecular weight excluding hydrogens is 467 g/mol. The Morgan fingerprint density at radius 1 is 1.07 bits per heavy atom. The van der Waals surface area contributed by atoms with Crippen molar-refractivity contribution >= 4 is 75.7 Å². The fraction of sp³-hybridized carbons (Fsp3) is 0.158. The third-order valence-corrected chi connectivity index (χ3v) is 5.99. The fourth-order valence-electron chi connectivity index (χ4n) is 2.38. The summed E-state index contributed by atoms with van der Waals surface area (Å²) in [5, 5.41) is 6.51. The van der Waals surface area contributed by atoms with Gasteiger partial charge in [0.05, 0.1) is 31.8 Å². The van der Waals surface area contributed by atoms with Crippen LogP contribution in [-0.4, -0.2) is 26.6 Å². The van der Waals surface area contributed by atoms with E-state index in [1.807, 2.05) is 37.3 Å². The summed E-state index contributed by atoms with van der Waals surface area (Å²) in [5.74, 6) is 0.786. The number of carbonyl (C=O) groups is 1. The second-order valence-corrected chi connectivity index (χ2v) is 8.66. The SMILES string of the molecule is C[C@H](SCC(=O)Nc1cc(Cl)c(Cl)cc1Cl)c1nc(N)nc(Nc2ccccc2)n1. The number of benzene rings is 2. The predicted molar refractivity (Wildman–Crippen MR) is 125 cm³/mol. The Morgan fingerprint density at radius 2 is 1.77 bits per heavy atom. The van der Waals surface area contributed by atoms with Gasteiger partial charge in [0, 0.05) is 5.69 Å². The Kier molecular flexibility index (Phi) is 7.60. The van der Waals surface area contributed by atoms with Gasteiger partial charge >= 0.3 is 0 Å². The summed E-state index contributed by atoms with van der Waals surface area (Å²) in [6, 6.07) is 12.5. The van der Waals surface area contributed by atoms with Crippen LogP contribution in [0.3, 0.4) is 0 Å². The highest BCUT2D eigenvalue weighted by molar-refractivity contribution is 8.00. The largest absolute Gasteiger partial charge is 0.368 e. The molecule has 1 heterocycles. The summed E-state index contributed by atoms with van der Waals surface area (Å²) >= 11 is 19.3. The molecule has 0 aliphatic rings. The number of thioether (sulfide) groups is 1. The average molecular weight is 484 g/mol. The summed E-state index contributed by atoms with van der Waals surface area (Å²) in [7, 11) is 0. The van der Waals surface area contributed by atoms with Gasteiger partial charge in [0.25, 0.3) is 0 Å². The van der Waals surface area contributed by atoms with Crippen molar-refractivity contribution in [3.05, 3.63) is 63.4 Å². The Balaban J connectivity index is 1.62. The van der Waals surface area contributed by atoms with E-state index in [2.05, 4.69) is 25.6 Å². The second kappa shape index (κ2) is 10.2. The number of para-hydroxylation sites is 1. The predicted octanol–water partition coefficient (Wildman–Crippen LogP) is 5.59. The third-order valence-electron chi connectivity index (χ3n) is 3.81. The van der Waals surface area contributed by atoms with E-state index >= 15 is 0 Å². The van der Waals surface area contributed by atoms with E-state index in [-0.39, 0.29) is 22.9 Å². The van der Waals surface area contributed by atoms with Crippen LogP contribution < -0.4 is 16.4 Å². The lowest BCUT2D eigenvalue weighted by Gasteiger charge is -2.13. The number of aromatic nitrogens is 3. The Hall–Kier alpha value is -2.26. The number of nitrogens with zero attached hydrogens (tertiary/aromatic N) is 3. The zero-order valence-corrected chi connectivity index (χ0v) is 18.8. The first-order valence-corrected chi connectivity index (χ1v) is 10.9. The van der Waals surface area contributed by atoms with Crippen LogP contribution in [0.1, 0.15) is 18.0 Å². The number of nitrogens with one attached hydrogen (secondary N) is 2. The number of hydrogen-bond acceptors (Lipinski definition) is 7. The molecular formula is C19H17Cl3N6OS. The van der Waals surface area contributed by atoms with Crippen LogP contribution in [0.5, 0.6) is 0 Å². The van der Waals surface area contributed by atoms with E-state index in [4.69, 9.17) is 40.5 Å². The zero-order valence-electron chi connectivity index (χ0n) is 15.7. The maximum atomic E-state index is 12.3. The number of anilines is 4. The molecule has 0 radical (unpaired) electrons.